The van der Waals surface area contributed by atoms with Gasteiger partial charge in [-0.2, -0.15) is 0 Å². The van der Waals surface area contributed by atoms with Crippen molar-refractivity contribution in [2.75, 3.05) is 32.8 Å². The number of amides is 1. The lowest BCUT2D eigenvalue weighted by molar-refractivity contribution is -0.123. The van der Waals surface area contributed by atoms with Crippen molar-refractivity contribution in [2.24, 2.45) is 0 Å². The lowest BCUT2D eigenvalue weighted by atomic mass is 10.2. The van der Waals surface area contributed by atoms with E-state index in [1.807, 2.05) is 13.8 Å². The molecule has 5 nitrogen and oxygen atoms in total. The van der Waals surface area contributed by atoms with Gasteiger partial charge >= 0.3 is 0 Å². The molecule has 15 heavy (non-hydrogen) atoms. The zero-order valence-corrected chi connectivity index (χ0v) is 9.57. The van der Waals surface area contributed by atoms with Crippen LogP contribution in [0.2, 0.25) is 0 Å². The van der Waals surface area contributed by atoms with Gasteiger partial charge in [-0.3, -0.25) is 9.69 Å². The fourth-order valence-electron chi connectivity index (χ4n) is 1.18. The largest absolute Gasteiger partial charge is 0.395 e. The summed E-state index contributed by atoms with van der Waals surface area (Å²) >= 11 is 0. The Hall–Kier alpha value is -0.650. The Bertz CT molecular complexity index is 170. The van der Waals surface area contributed by atoms with E-state index in [1.165, 1.54) is 0 Å². The second-order valence-electron chi connectivity index (χ2n) is 3.60. The third-order valence-corrected chi connectivity index (χ3v) is 2.22. The Labute approximate surface area is 91.1 Å². The van der Waals surface area contributed by atoms with Crippen LogP contribution in [-0.2, 0) is 4.79 Å². The zero-order chi connectivity index (χ0) is 11.7. The molecule has 3 N–H and O–H groups in total. The van der Waals surface area contributed by atoms with Gasteiger partial charge < -0.3 is 15.5 Å². The van der Waals surface area contributed by atoms with E-state index in [9.17, 15) is 4.79 Å². The number of carbonyl (C=O) groups excluding carboxylic acids is 1. The maximum absolute atomic E-state index is 11.5. The highest BCUT2D eigenvalue weighted by Gasteiger charge is 2.10. The molecule has 0 fully saturated rings. The predicted molar refractivity (Wildman–Crippen MR) is 58.5 cm³/mol. The number of hydrogen-bond donors (Lipinski definition) is 3. The molecule has 0 bridgehead atoms. The average molecular weight is 218 g/mol. The second kappa shape index (κ2) is 8.64. The van der Waals surface area contributed by atoms with Crippen LogP contribution in [0.4, 0.5) is 0 Å². The van der Waals surface area contributed by atoms with E-state index in [0.717, 1.165) is 6.42 Å². The standard InChI is InChI=1S/C10H22N2O3/c1-3-9(2)11-10(15)8-12(4-6-13)5-7-14/h9,13-14H,3-8H2,1-2H3,(H,11,15). The zero-order valence-electron chi connectivity index (χ0n) is 9.57. The van der Waals surface area contributed by atoms with Crippen LogP contribution < -0.4 is 5.32 Å². The van der Waals surface area contributed by atoms with Gasteiger partial charge in [0.1, 0.15) is 0 Å². The van der Waals surface area contributed by atoms with Crippen LogP contribution in [0.25, 0.3) is 0 Å². The smallest absolute Gasteiger partial charge is 0.234 e. The number of aliphatic hydroxyl groups is 2. The Morgan fingerprint density at radius 2 is 1.87 bits per heavy atom. The lowest BCUT2D eigenvalue weighted by Crippen LogP contribution is -2.42. The Morgan fingerprint density at radius 3 is 2.27 bits per heavy atom. The van der Waals surface area contributed by atoms with Crippen LogP contribution in [0.3, 0.4) is 0 Å². The van der Waals surface area contributed by atoms with E-state index in [1.54, 1.807) is 4.90 Å². The summed E-state index contributed by atoms with van der Waals surface area (Å²) in [5.41, 5.74) is 0. The summed E-state index contributed by atoms with van der Waals surface area (Å²) in [7, 11) is 0. The van der Waals surface area contributed by atoms with Gasteiger partial charge in [0, 0.05) is 19.1 Å². The minimum Gasteiger partial charge on any atom is -0.395 e. The third kappa shape index (κ3) is 7.30. The number of hydrogen-bond acceptors (Lipinski definition) is 4. The number of rotatable bonds is 8. The van der Waals surface area contributed by atoms with Crippen LogP contribution in [-0.4, -0.2) is 59.9 Å². The predicted octanol–water partition coefficient (Wildman–Crippen LogP) is -0.812. The molecule has 0 aromatic rings. The molecule has 0 aliphatic heterocycles. The van der Waals surface area contributed by atoms with Crippen LogP contribution in [0.1, 0.15) is 20.3 Å². The highest BCUT2D eigenvalue weighted by atomic mass is 16.3. The first-order valence-electron chi connectivity index (χ1n) is 5.37. The van der Waals surface area contributed by atoms with Gasteiger partial charge in [0.25, 0.3) is 0 Å². The Balaban J connectivity index is 3.87. The molecule has 0 aromatic heterocycles. The number of nitrogens with zero attached hydrogens (tertiary/aromatic N) is 1. The van der Waals surface area contributed by atoms with Gasteiger partial charge in [0.15, 0.2) is 0 Å². The molecule has 0 aliphatic carbocycles. The molecule has 0 rings (SSSR count). The van der Waals surface area contributed by atoms with Gasteiger partial charge in [0.05, 0.1) is 19.8 Å². The summed E-state index contributed by atoms with van der Waals surface area (Å²) in [5, 5.41) is 20.3. The molecule has 1 amide bonds. The molecule has 0 spiro atoms. The number of carbonyl (C=O) groups is 1. The molecule has 1 unspecified atom stereocenters. The van der Waals surface area contributed by atoms with Crippen molar-refractivity contribution in [2.45, 2.75) is 26.3 Å². The van der Waals surface area contributed by atoms with Gasteiger partial charge in [-0.1, -0.05) is 6.92 Å². The highest BCUT2D eigenvalue weighted by molar-refractivity contribution is 5.78. The molecule has 0 aromatic carbocycles. The monoisotopic (exact) mass is 218 g/mol. The van der Waals surface area contributed by atoms with Crippen LogP contribution >= 0.6 is 0 Å². The van der Waals surface area contributed by atoms with Crippen LogP contribution in [0.5, 0.6) is 0 Å². The minimum absolute atomic E-state index is 0.00336. The molecule has 1 atom stereocenters. The summed E-state index contributed by atoms with van der Waals surface area (Å²) < 4.78 is 0. The maximum atomic E-state index is 11.5. The van der Waals surface area contributed by atoms with E-state index >= 15 is 0 Å². The third-order valence-electron chi connectivity index (χ3n) is 2.22. The van der Waals surface area contributed by atoms with Gasteiger partial charge in [0.2, 0.25) is 5.91 Å². The minimum atomic E-state index is -0.0637. The van der Waals surface area contributed by atoms with E-state index in [4.69, 9.17) is 10.2 Å². The van der Waals surface area contributed by atoms with E-state index in [-0.39, 0.29) is 31.7 Å². The van der Waals surface area contributed by atoms with Crippen LogP contribution in [0, 0.1) is 0 Å². The van der Waals surface area contributed by atoms with Crippen molar-refractivity contribution >= 4 is 5.91 Å². The Kier molecular flexibility index (Phi) is 8.27. The van der Waals surface area contributed by atoms with E-state index < -0.39 is 0 Å². The average Bonchev–Trinajstić information content (AvgIpc) is 2.18. The van der Waals surface area contributed by atoms with Crippen molar-refractivity contribution in [3.05, 3.63) is 0 Å². The molecule has 0 radical (unpaired) electrons. The molecule has 0 saturated heterocycles. The van der Waals surface area contributed by atoms with Gasteiger partial charge in [-0.25, -0.2) is 0 Å². The molecule has 0 saturated carbocycles. The quantitative estimate of drug-likeness (QED) is 0.498. The first kappa shape index (κ1) is 14.3. The Morgan fingerprint density at radius 1 is 1.33 bits per heavy atom. The van der Waals surface area contributed by atoms with Crippen molar-refractivity contribution in [3.63, 3.8) is 0 Å². The molecule has 5 heteroatoms. The summed E-state index contributed by atoms with van der Waals surface area (Å²) in [6.07, 6.45) is 0.895. The first-order chi connectivity index (χ1) is 7.13. The van der Waals surface area contributed by atoms with Crippen molar-refractivity contribution in [3.8, 4) is 0 Å². The van der Waals surface area contributed by atoms with Gasteiger partial charge in [-0.05, 0) is 13.3 Å². The summed E-state index contributed by atoms with van der Waals surface area (Å²) in [6.45, 7) is 4.99. The maximum Gasteiger partial charge on any atom is 0.234 e. The molecule has 0 heterocycles. The molecular weight excluding hydrogens is 196 g/mol. The van der Waals surface area contributed by atoms with Gasteiger partial charge in [-0.15, -0.1) is 0 Å². The van der Waals surface area contributed by atoms with E-state index in [2.05, 4.69) is 5.32 Å². The van der Waals surface area contributed by atoms with Crippen molar-refractivity contribution in [1.82, 2.24) is 10.2 Å². The topological polar surface area (TPSA) is 72.8 Å². The summed E-state index contributed by atoms with van der Waals surface area (Å²) in [5.74, 6) is -0.0637. The molecule has 90 valence electrons. The fourth-order valence-corrected chi connectivity index (χ4v) is 1.18. The first-order valence-corrected chi connectivity index (χ1v) is 5.37. The van der Waals surface area contributed by atoms with Crippen molar-refractivity contribution < 1.29 is 15.0 Å². The number of nitrogens with one attached hydrogen (secondary N) is 1. The number of aliphatic hydroxyl groups excluding tert-OH is 2. The van der Waals surface area contributed by atoms with E-state index in [0.29, 0.717) is 13.1 Å². The highest BCUT2D eigenvalue weighted by Crippen LogP contribution is 1.90. The molecular formula is C10H22N2O3. The second-order valence-corrected chi connectivity index (χ2v) is 3.60. The lowest BCUT2D eigenvalue weighted by Gasteiger charge is -2.20. The molecule has 0 aliphatic rings. The fraction of sp³-hybridized carbons (Fsp3) is 0.900. The SMILES string of the molecule is CCC(C)NC(=O)CN(CCO)CCO. The van der Waals surface area contributed by atoms with Crippen molar-refractivity contribution in [1.29, 1.82) is 0 Å². The van der Waals surface area contributed by atoms with Crippen LogP contribution in [0.15, 0.2) is 0 Å². The summed E-state index contributed by atoms with van der Waals surface area (Å²) in [4.78, 5) is 13.2. The normalized spacial score (nSPS) is 12.9. The summed E-state index contributed by atoms with van der Waals surface area (Å²) in [6, 6.07) is 0.169.